The second kappa shape index (κ2) is 6.13. The van der Waals surface area contributed by atoms with E-state index in [1.807, 2.05) is 18.2 Å². The molecule has 0 saturated carbocycles. The summed E-state index contributed by atoms with van der Waals surface area (Å²) in [4.78, 5) is 6.73. The van der Waals surface area contributed by atoms with Crippen LogP contribution >= 0.6 is 0 Å². The molecule has 1 aromatic heterocycles. The second-order valence-electron chi connectivity index (χ2n) is 5.40. The Labute approximate surface area is 120 Å². The van der Waals surface area contributed by atoms with Gasteiger partial charge in [0, 0.05) is 18.7 Å². The van der Waals surface area contributed by atoms with Gasteiger partial charge in [0.2, 0.25) is 5.95 Å². The summed E-state index contributed by atoms with van der Waals surface area (Å²) < 4.78 is 7.29. The summed E-state index contributed by atoms with van der Waals surface area (Å²) in [5.41, 5.74) is 7.97. The van der Waals surface area contributed by atoms with E-state index in [-0.39, 0.29) is 0 Å². The average molecular weight is 276 g/mol. The predicted octanol–water partition coefficient (Wildman–Crippen LogP) is 2.36. The number of rotatable bonds is 6. The average Bonchev–Trinajstić information content (AvgIpc) is 2.73. The Morgan fingerprint density at radius 3 is 2.80 bits per heavy atom. The Morgan fingerprint density at radius 2 is 2.15 bits per heavy atom. The van der Waals surface area contributed by atoms with Gasteiger partial charge in [0.25, 0.3) is 0 Å². The summed E-state index contributed by atoms with van der Waals surface area (Å²) in [7, 11) is 3.80. The van der Waals surface area contributed by atoms with Crippen molar-refractivity contribution in [3.8, 4) is 5.75 Å². The molecule has 110 valence electrons. The summed E-state index contributed by atoms with van der Waals surface area (Å²) in [5.74, 6) is 1.38. The molecule has 0 aliphatic heterocycles. The molecule has 1 heterocycles. The van der Waals surface area contributed by atoms with E-state index < -0.39 is 0 Å². The first kappa shape index (κ1) is 14.7. The lowest BCUT2D eigenvalue weighted by Gasteiger charge is -2.21. The van der Waals surface area contributed by atoms with Crippen LogP contribution in [0.1, 0.15) is 20.3 Å². The van der Waals surface area contributed by atoms with Crippen LogP contribution in [-0.4, -0.2) is 41.2 Å². The number of nitrogen functional groups attached to an aromatic ring is 1. The summed E-state index contributed by atoms with van der Waals surface area (Å²) in [5, 5.41) is 0. The molecular formula is C15H24N4O. The molecule has 1 aromatic carbocycles. The monoisotopic (exact) mass is 276 g/mol. The van der Waals surface area contributed by atoms with Crippen molar-refractivity contribution in [3.05, 3.63) is 18.2 Å². The predicted molar refractivity (Wildman–Crippen MR) is 83.1 cm³/mol. The number of imidazole rings is 1. The molecule has 2 aromatic rings. The van der Waals surface area contributed by atoms with Crippen LogP contribution in [0.3, 0.4) is 0 Å². The van der Waals surface area contributed by atoms with Crippen molar-refractivity contribution in [2.24, 2.45) is 0 Å². The topological polar surface area (TPSA) is 56.3 Å². The zero-order valence-corrected chi connectivity index (χ0v) is 12.8. The minimum atomic E-state index is 0.566. The molecule has 0 atom stereocenters. The molecule has 2 N–H and O–H groups in total. The third kappa shape index (κ3) is 3.04. The van der Waals surface area contributed by atoms with Gasteiger partial charge in [-0.1, -0.05) is 0 Å². The summed E-state index contributed by atoms with van der Waals surface area (Å²) in [6.45, 7) is 6.33. The van der Waals surface area contributed by atoms with Gasteiger partial charge in [-0.25, -0.2) is 4.98 Å². The number of fused-ring (bicyclic) bond motifs is 1. The van der Waals surface area contributed by atoms with Crippen molar-refractivity contribution in [1.82, 2.24) is 14.5 Å². The Kier molecular flexibility index (Phi) is 4.49. The Bertz CT molecular complexity index is 577. The fourth-order valence-corrected chi connectivity index (χ4v) is 2.23. The van der Waals surface area contributed by atoms with E-state index in [0.717, 1.165) is 36.3 Å². The highest BCUT2D eigenvalue weighted by molar-refractivity contribution is 5.79. The number of nitrogens with two attached hydrogens (primary N) is 1. The van der Waals surface area contributed by atoms with Gasteiger partial charge in [-0.05, 0) is 46.0 Å². The van der Waals surface area contributed by atoms with Crippen molar-refractivity contribution in [1.29, 1.82) is 0 Å². The van der Waals surface area contributed by atoms with Crippen molar-refractivity contribution in [3.63, 3.8) is 0 Å². The van der Waals surface area contributed by atoms with Gasteiger partial charge < -0.3 is 19.9 Å². The van der Waals surface area contributed by atoms with E-state index in [1.165, 1.54) is 0 Å². The number of anilines is 1. The molecule has 0 bridgehead atoms. The van der Waals surface area contributed by atoms with Crippen molar-refractivity contribution < 1.29 is 4.74 Å². The SMILES string of the molecule is COc1ccc2c(c1)nc(N)n2CCCN(C)C(C)C. The second-order valence-corrected chi connectivity index (χ2v) is 5.40. The first-order chi connectivity index (χ1) is 9.52. The maximum absolute atomic E-state index is 6.02. The van der Waals surface area contributed by atoms with Gasteiger partial charge in [-0.3, -0.25) is 0 Å². The zero-order chi connectivity index (χ0) is 14.7. The zero-order valence-electron chi connectivity index (χ0n) is 12.8. The molecule has 0 fully saturated rings. The lowest BCUT2D eigenvalue weighted by molar-refractivity contribution is 0.266. The van der Waals surface area contributed by atoms with Gasteiger partial charge >= 0.3 is 0 Å². The molecule has 20 heavy (non-hydrogen) atoms. The van der Waals surface area contributed by atoms with E-state index in [9.17, 15) is 0 Å². The number of aromatic nitrogens is 2. The highest BCUT2D eigenvalue weighted by Gasteiger charge is 2.09. The largest absolute Gasteiger partial charge is 0.497 e. The summed E-state index contributed by atoms with van der Waals surface area (Å²) >= 11 is 0. The fraction of sp³-hybridized carbons (Fsp3) is 0.533. The van der Waals surface area contributed by atoms with E-state index >= 15 is 0 Å². The Morgan fingerprint density at radius 1 is 1.40 bits per heavy atom. The maximum Gasteiger partial charge on any atom is 0.201 e. The van der Waals surface area contributed by atoms with Gasteiger partial charge in [-0.2, -0.15) is 0 Å². The number of aryl methyl sites for hydroxylation is 1. The standard InChI is InChI=1S/C15H24N4O/c1-11(2)18(3)8-5-9-19-14-7-6-12(20-4)10-13(14)17-15(19)16/h6-7,10-11H,5,8-9H2,1-4H3,(H2,16,17). The van der Waals surface area contributed by atoms with Crippen molar-refractivity contribution in [2.45, 2.75) is 32.9 Å². The first-order valence-electron chi connectivity index (χ1n) is 7.03. The lowest BCUT2D eigenvalue weighted by atomic mass is 10.3. The van der Waals surface area contributed by atoms with Gasteiger partial charge in [0.1, 0.15) is 5.75 Å². The molecule has 5 nitrogen and oxygen atoms in total. The fourth-order valence-electron chi connectivity index (χ4n) is 2.23. The van der Waals surface area contributed by atoms with Crippen LogP contribution in [0, 0.1) is 0 Å². The van der Waals surface area contributed by atoms with Crippen LogP contribution in [0.5, 0.6) is 5.75 Å². The number of ether oxygens (including phenoxy) is 1. The number of hydrogen-bond acceptors (Lipinski definition) is 4. The van der Waals surface area contributed by atoms with E-state index in [0.29, 0.717) is 12.0 Å². The minimum Gasteiger partial charge on any atom is -0.497 e. The highest BCUT2D eigenvalue weighted by Crippen LogP contribution is 2.23. The third-order valence-electron chi connectivity index (χ3n) is 3.76. The van der Waals surface area contributed by atoms with Crippen LogP contribution < -0.4 is 10.5 Å². The van der Waals surface area contributed by atoms with Crippen LogP contribution in [0.25, 0.3) is 11.0 Å². The lowest BCUT2D eigenvalue weighted by Crippen LogP contribution is -2.28. The molecule has 5 heteroatoms. The van der Waals surface area contributed by atoms with Crippen LogP contribution in [0.15, 0.2) is 18.2 Å². The Hall–Kier alpha value is -1.75. The van der Waals surface area contributed by atoms with E-state index in [4.69, 9.17) is 10.5 Å². The van der Waals surface area contributed by atoms with Crippen molar-refractivity contribution >= 4 is 17.0 Å². The molecular weight excluding hydrogens is 252 g/mol. The molecule has 0 radical (unpaired) electrons. The molecule has 0 aliphatic carbocycles. The molecule has 0 aliphatic rings. The summed E-state index contributed by atoms with van der Waals surface area (Å²) in [6.07, 6.45) is 1.05. The quantitative estimate of drug-likeness (QED) is 0.880. The number of benzene rings is 1. The first-order valence-corrected chi connectivity index (χ1v) is 7.03. The Balaban J connectivity index is 2.12. The molecule has 0 spiro atoms. The van der Waals surface area contributed by atoms with Crippen LogP contribution in [-0.2, 0) is 6.54 Å². The molecule has 0 saturated heterocycles. The number of methoxy groups -OCH3 is 1. The normalized spacial score (nSPS) is 11.7. The highest BCUT2D eigenvalue weighted by atomic mass is 16.5. The number of nitrogens with zero attached hydrogens (tertiary/aromatic N) is 3. The minimum absolute atomic E-state index is 0.566. The summed E-state index contributed by atoms with van der Waals surface area (Å²) in [6, 6.07) is 6.45. The van der Waals surface area contributed by atoms with Crippen LogP contribution in [0.2, 0.25) is 0 Å². The van der Waals surface area contributed by atoms with Gasteiger partial charge in [0.05, 0.1) is 18.1 Å². The van der Waals surface area contributed by atoms with Crippen molar-refractivity contribution in [2.75, 3.05) is 26.4 Å². The molecule has 2 rings (SSSR count). The molecule has 0 unspecified atom stereocenters. The number of hydrogen-bond donors (Lipinski definition) is 1. The smallest absolute Gasteiger partial charge is 0.201 e. The van der Waals surface area contributed by atoms with Gasteiger partial charge in [0.15, 0.2) is 0 Å². The third-order valence-corrected chi connectivity index (χ3v) is 3.76. The molecule has 0 amide bonds. The van der Waals surface area contributed by atoms with Crippen LogP contribution in [0.4, 0.5) is 5.95 Å². The van der Waals surface area contributed by atoms with Gasteiger partial charge in [-0.15, -0.1) is 0 Å². The van der Waals surface area contributed by atoms with E-state index in [2.05, 4.69) is 35.3 Å². The van der Waals surface area contributed by atoms with E-state index in [1.54, 1.807) is 7.11 Å². The maximum atomic E-state index is 6.02.